The lowest BCUT2D eigenvalue weighted by molar-refractivity contribution is -0.116. The smallest absolute Gasteiger partial charge is 0.387 e. The van der Waals surface area contributed by atoms with E-state index in [-0.39, 0.29) is 23.4 Å². The lowest BCUT2D eigenvalue weighted by Gasteiger charge is -2.23. The Morgan fingerprint density at radius 1 is 1.40 bits per heavy atom. The maximum Gasteiger partial charge on any atom is 0.387 e. The molecule has 1 aliphatic rings. The van der Waals surface area contributed by atoms with Crippen LogP contribution in [0.1, 0.15) is 25.7 Å². The van der Waals surface area contributed by atoms with Crippen molar-refractivity contribution >= 4 is 11.6 Å². The summed E-state index contributed by atoms with van der Waals surface area (Å²) in [7, 11) is 0. The predicted octanol–water partition coefficient (Wildman–Crippen LogP) is 2.76. The zero-order chi connectivity index (χ0) is 14.4. The second-order valence-electron chi connectivity index (χ2n) is 4.77. The lowest BCUT2D eigenvalue weighted by Crippen LogP contribution is -2.37. The topological polar surface area (TPSA) is 50.4 Å². The molecule has 1 unspecified atom stereocenters. The highest BCUT2D eigenvalue weighted by Gasteiger charge is 2.17. The first-order chi connectivity index (χ1) is 9.65. The third-order valence-electron chi connectivity index (χ3n) is 3.22. The van der Waals surface area contributed by atoms with Crippen molar-refractivity contribution in [2.75, 3.05) is 11.9 Å². The van der Waals surface area contributed by atoms with Crippen molar-refractivity contribution in [1.82, 2.24) is 5.32 Å². The molecule has 1 aliphatic heterocycles. The number of hydrogen-bond acceptors (Lipinski definition) is 3. The number of ether oxygens (including phenoxy) is 1. The molecule has 1 fully saturated rings. The Bertz CT molecular complexity index is 449. The SMILES string of the molecule is O=C(CC1CCCCN1)Nc1ccccc1OC(F)F. The van der Waals surface area contributed by atoms with Gasteiger partial charge in [0.15, 0.2) is 0 Å². The summed E-state index contributed by atoms with van der Waals surface area (Å²) in [5.41, 5.74) is 0.272. The normalized spacial score (nSPS) is 18.9. The maximum absolute atomic E-state index is 12.3. The molecule has 2 rings (SSSR count). The summed E-state index contributed by atoms with van der Waals surface area (Å²) >= 11 is 0. The lowest BCUT2D eigenvalue weighted by atomic mass is 10.0. The Labute approximate surface area is 116 Å². The highest BCUT2D eigenvalue weighted by Crippen LogP contribution is 2.25. The summed E-state index contributed by atoms with van der Waals surface area (Å²) in [6, 6.07) is 6.35. The summed E-state index contributed by atoms with van der Waals surface area (Å²) in [6.07, 6.45) is 3.53. The molecule has 0 bridgehead atoms. The van der Waals surface area contributed by atoms with Crippen molar-refractivity contribution in [1.29, 1.82) is 0 Å². The molecule has 1 saturated heterocycles. The number of alkyl halides is 2. The van der Waals surface area contributed by atoms with Gasteiger partial charge in [-0.3, -0.25) is 4.79 Å². The first-order valence-electron chi connectivity index (χ1n) is 6.72. The van der Waals surface area contributed by atoms with Gasteiger partial charge in [0, 0.05) is 12.5 Å². The molecule has 0 spiro atoms. The molecule has 4 nitrogen and oxygen atoms in total. The first-order valence-corrected chi connectivity index (χ1v) is 6.72. The second-order valence-corrected chi connectivity index (χ2v) is 4.77. The van der Waals surface area contributed by atoms with Gasteiger partial charge in [-0.2, -0.15) is 8.78 Å². The van der Waals surface area contributed by atoms with Crippen molar-refractivity contribution < 1.29 is 18.3 Å². The van der Waals surface area contributed by atoms with Crippen LogP contribution in [0.3, 0.4) is 0 Å². The quantitative estimate of drug-likeness (QED) is 0.874. The molecule has 1 aromatic carbocycles. The fourth-order valence-electron chi connectivity index (χ4n) is 2.29. The van der Waals surface area contributed by atoms with E-state index in [1.807, 2.05) is 0 Å². The third kappa shape index (κ3) is 4.45. The molecular weight excluding hydrogens is 266 g/mol. The number of piperidine rings is 1. The van der Waals surface area contributed by atoms with Crippen molar-refractivity contribution in [2.45, 2.75) is 38.3 Å². The molecule has 1 amide bonds. The van der Waals surface area contributed by atoms with Crippen LogP contribution in [-0.4, -0.2) is 25.1 Å². The van der Waals surface area contributed by atoms with Gasteiger partial charge in [-0.15, -0.1) is 0 Å². The molecule has 0 aliphatic carbocycles. The van der Waals surface area contributed by atoms with Gasteiger partial charge in [0.1, 0.15) is 5.75 Å². The average molecular weight is 284 g/mol. The van der Waals surface area contributed by atoms with Crippen molar-refractivity contribution in [3.8, 4) is 5.75 Å². The van der Waals surface area contributed by atoms with Gasteiger partial charge in [0.05, 0.1) is 5.69 Å². The van der Waals surface area contributed by atoms with Crippen LogP contribution in [0.25, 0.3) is 0 Å². The predicted molar refractivity (Wildman–Crippen MR) is 72.0 cm³/mol. The van der Waals surface area contributed by atoms with Crippen LogP contribution >= 0.6 is 0 Å². The van der Waals surface area contributed by atoms with E-state index in [0.717, 1.165) is 25.8 Å². The number of amides is 1. The maximum atomic E-state index is 12.3. The van der Waals surface area contributed by atoms with E-state index in [1.54, 1.807) is 18.2 Å². The number of anilines is 1. The van der Waals surface area contributed by atoms with E-state index in [4.69, 9.17) is 0 Å². The monoisotopic (exact) mass is 284 g/mol. The molecule has 2 N–H and O–H groups in total. The fourth-order valence-corrected chi connectivity index (χ4v) is 2.29. The number of nitrogens with one attached hydrogen (secondary N) is 2. The largest absolute Gasteiger partial charge is 0.433 e. The van der Waals surface area contributed by atoms with Crippen LogP contribution in [-0.2, 0) is 4.79 Å². The fraction of sp³-hybridized carbons (Fsp3) is 0.500. The zero-order valence-corrected chi connectivity index (χ0v) is 11.1. The van der Waals surface area contributed by atoms with Crippen molar-refractivity contribution in [3.05, 3.63) is 24.3 Å². The van der Waals surface area contributed by atoms with Gasteiger partial charge in [-0.25, -0.2) is 0 Å². The van der Waals surface area contributed by atoms with Crippen molar-refractivity contribution in [2.24, 2.45) is 0 Å². The average Bonchev–Trinajstić information content (AvgIpc) is 2.41. The van der Waals surface area contributed by atoms with E-state index in [0.29, 0.717) is 6.42 Å². The van der Waals surface area contributed by atoms with E-state index in [2.05, 4.69) is 15.4 Å². The molecule has 0 saturated carbocycles. The van der Waals surface area contributed by atoms with Crippen LogP contribution in [0, 0.1) is 0 Å². The molecule has 110 valence electrons. The van der Waals surface area contributed by atoms with Gasteiger partial charge < -0.3 is 15.4 Å². The molecule has 1 atom stereocenters. The summed E-state index contributed by atoms with van der Waals surface area (Å²) in [4.78, 5) is 11.9. The number of rotatable bonds is 5. The van der Waals surface area contributed by atoms with Crippen LogP contribution in [0.15, 0.2) is 24.3 Å². The minimum atomic E-state index is -2.91. The van der Waals surface area contributed by atoms with Crippen LogP contribution in [0.4, 0.5) is 14.5 Å². The Kier molecular flexibility index (Phi) is 5.29. The summed E-state index contributed by atoms with van der Waals surface area (Å²) in [5.74, 6) is -0.220. The van der Waals surface area contributed by atoms with Gasteiger partial charge >= 0.3 is 6.61 Å². The Balaban J connectivity index is 1.93. The molecular formula is C14H18F2N2O2. The number of carbonyl (C=O) groups excluding carboxylic acids is 1. The van der Waals surface area contributed by atoms with Gasteiger partial charge in [0.25, 0.3) is 0 Å². The highest BCUT2D eigenvalue weighted by atomic mass is 19.3. The van der Waals surface area contributed by atoms with Crippen LogP contribution in [0.5, 0.6) is 5.75 Å². The molecule has 1 heterocycles. The van der Waals surface area contributed by atoms with E-state index in [9.17, 15) is 13.6 Å². The number of benzene rings is 1. The summed E-state index contributed by atoms with van der Waals surface area (Å²) < 4.78 is 28.9. The number of halogens is 2. The van der Waals surface area contributed by atoms with E-state index >= 15 is 0 Å². The van der Waals surface area contributed by atoms with Gasteiger partial charge in [-0.05, 0) is 31.5 Å². The molecule has 20 heavy (non-hydrogen) atoms. The minimum Gasteiger partial charge on any atom is -0.433 e. The standard InChI is InChI=1S/C14H18F2N2O2/c15-14(16)20-12-7-2-1-6-11(12)18-13(19)9-10-5-3-4-8-17-10/h1-2,6-7,10,14,17H,3-5,8-9H2,(H,18,19). The van der Waals surface area contributed by atoms with Gasteiger partial charge in [-0.1, -0.05) is 18.6 Å². The second kappa shape index (κ2) is 7.19. The van der Waals surface area contributed by atoms with Crippen LogP contribution in [0.2, 0.25) is 0 Å². The van der Waals surface area contributed by atoms with E-state index in [1.165, 1.54) is 6.07 Å². The zero-order valence-electron chi connectivity index (χ0n) is 11.1. The molecule has 1 aromatic rings. The number of carbonyl (C=O) groups is 1. The molecule has 0 radical (unpaired) electrons. The Morgan fingerprint density at radius 2 is 2.20 bits per heavy atom. The number of hydrogen-bond donors (Lipinski definition) is 2. The Hall–Kier alpha value is -1.69. The summed E-state index contributed by atoms with van der Waals surface area (Å²) in [5, 5.41) is 5.90. The highest BCUT2D eigenvalue weighted by molar-refractivity contribution is 5.92. The minimum absolute atomic E-state index is 0.0209. The summed E-state index contributed by atoms with van der Waals surface area (Å²) in [6.45, 7) is -1.99. The Morgan fingerprint density at radius 3 is 2.90 bits per heavy atom. The molecule has 6 heteroatoms. The van der Waals surface area contributed by atoms with Crippen LogP contribution < -0.4 is 15.4 Å². The van der Waals surface area contributed by atoms with Gasteiger partial charge in [0.2, 0.25) is 5.91 Å². The third-order valence-corrected chi connectivity index (χ3v) is 3.22. The molecule has 0 aromatic heterocycles. The first kappa shape index (κ1) is 14.7. The number of para-hydroxylation sites is 2. The van der Waals surface area contributed by atoms with E-state index < -0.39 is 6.61 Å². The van der Waals surface area contributed by atoms with Crippen molar-refractivity contribution in [3.63, 3.8) is 0 Å².